The second-order valence-corrected chi connectivity index (χ2v) is 6.05. The maximum atomic E-state index is 13.6. The Morgan fingerprint density at radius 2 is 1.79 bits per heavy atom. The van der Waals surface area contributed by atoms with Crippen molar-refractivity contribution >= 4 is 17.7 Å². The van der Waals surface area contributed by atoms with Crippen LogP contribution >= 0.6 is 11.8 Å². The minimum Gasteiger partial charge on any atom is -0.337 e. The van der Waals surface area contributed by atoms with Gasteiger partial charge in [-0.05, 0) is 30.0 Å². The van der Waals surface area contributed by atoms with Crippen molar-refractivity contribution in [3.05, 3.63) is 65.2 Å². The van der Waals surface area contributed by atoms with Crippen molar-refractivity contribution in [1.82, 2.24) is 4.90 Å². The predicted octanol–water partition coefficient (Wildman–Crippen LogP) is 4.85. The molecule has 0 aliphatic rings. The van der Waals surface area contributed by atoms with Gasteiger partial charge in [-0.1, -0.05) is 18.2 Å². The van der Waals surface area contributed by atoms with Crippen LogP contribution < -0.4 is 0 Å². The summed E-state index contributed by atoms with van der Waals surface area (Å²) in [4.78, 5) is 13.2. The highest BCUT2D eigenvalue weighted by molar-refractivity contribution is 8.00. The zero-order valence-electron chi connectivity index (χ0n) is 12.4. The number of rotatable bonds is 4. The molecule has 2 aromatic carbocycles. The SMILES string of the molecule is CN(Cc1ccc(F)cc1F)C(=O)c1ccccc1SC(F)(F)F. The molecule has 2 aromatic rings. The Hall–Kier alpha value is -2.09. The third kappa shape index (κ3) is 4.70. The van der Waals surface area contributed by atoms with Crippen LogP contribution in [0.2, 0.25) is 0 Å². The fourth-order valence-corrected chi connectivity index (χ4v) is 2.70. The number of amides is 1. The van der Waals surface area contributed by atoms with Crippen LogP contribution in [0.25, 0.3) is 0 Å². The highest BCUT2D eigenvalue weighted by Crippen LogP contribution is 2.38. The molecule has 0 N–H and O–H groups in total. The van der Waals surface area contributed by atoms with Gasteiger partial charge in [0.05, 0.1) is 5.56 Å². The van der Waals surface area contributed by atoms with Gasteiger partial charge in [-0.15, -0.1) is 0 Å². The van der Waals surface area contributed by atoms with Gasteiger partial charge in [-0.2, -0.15) is 13.2 Å². The van der Waals surface area contributed by atoms with E-state index in [0.717, 1.165) is 11.0 Å². The molecule has 0 fully saturated rings. The lowest BCUT2D eigenvalue weighted by Crippen LogP contribution is -2.27. The van der Waals surface area contributed by atoms with Gasteiger partial charge < -0.3 is 4.90 Å². The normalized spacial score (nSPS) is 11.4. The molecule has 0 radical (unpaired) electrons. The number of alkyl halides is 3. The minimum atomic E-state index is -4.53. The molecular weight excluding hydrogens is 349 g/mol. The molecule has 0 heterocycles. The highest BCUT2D eigenvalue weighted by atomic mass is 32.2. The third-order valence-corrected chi connectivity index (χ3v) is 3.92. The lowest BCUT2D eigenvalue weighted by atomic mass is 10.1. The van der Waals surface area contributed by atoms with Gasteiger partial charge >= 0.3 is 5.51 Å². The zero-order chi connectivity index (χ0) is 17.9. The molecule has 0 saturated carbocycles. The number of nitrogens with zero attached hydrogens (tertiary/aromatic N) is 1. The highest BCUT2D eigenvalue weighted by Gasteiger charge is 2.31. The third-order valence-electron chi connectivity index (χ3n) is 3.11. The van der Waals surface area contributed by atoms with E-state index in [1.165, 1.54) is 37.4 Å². The average Bonchev–Trinajstić information content (AvgIpc) is 2.48. The Kier molecular flexibility index (Phi) is 5.48. The van der Waals surface area contributed by atoms with E-state index in [1.54, 1.807) is 0 Å². The van der Waals surface area contributed by atoms with Crippen molar-refractivity contribution < 1.29 is 26.7 Å². The summed E-state index contributed by atoms with van der Waals surface area (Å²) in [5.74, 6) is -2.27. The summed E-state index contributed by atoms with van der Waals surface area (Å²) >= 11 is -0.387. The monoisotopic (exact) mass is 361 g/mol. The number of benzene rings is 2. The number of halogens is 5. The summed E-state index contributed by atoms with van der Waals surface area (Å²) in [6.45, 7) is -0.198. The summed E-state index contributed by atoms with van der Waals surface area (Å²) in [7, 11) is 1.33. The predicted molar refractivity (Wildman–Crippen MR) is 80.5 cm³/mol. The van der Waals surface area contributed by atoms with Crippen LogP contribution in [-0.2, 0) is 6.54 Å². The summed E-state index contributed by atoms with van der Waals surface area (Å²) < 4.78 is 64.3. The lowest BCUT2D eigenvalue weighted by Gasteiger charge is -2.19. The fraction of sp³-hybridized carbons (Fsp3) is 0.188. The lowest BCUT2D eigenvalue weighted by molar-refractivity contribution is -0.0328. The Morgan fingerprint density at radius 3 is 2.42 bits per heavy atom. The number of hydrogen-bond acceptors (Lipinski definition) is 2. The van der Waals surface area contributed by atoms with Crippen molar-refractivity contribution in [1.29, 1.82) is 0 Å². The second-order valence-electron chi connectivity index (χ2n) is 4.94. The maximum absolute atomic E-state index is 13.6. The molecule has 0 unspecified atom stereocenters. The second kappa shape index (κ2) is 7.21. The first-order chi connectivity index (χ1) is 11.2. The Bertz CT molecular complexity index is 747. The quantitative estimate of drug-likeness (QED) is 0.573. The van der Waals surface area contributed by atoms with Gasteiger partial charge in [0.1, 0.15) is 11.6 Å². The van der Waals surface area contributed by atoms with E-state index in [0.29, 0.717) is 6.07 Å². The van der Waals surface area contributed by atoms with E-state index in [1.807, 2.05) is 0 Å². The van der Waals surface area contributed by atoms with Crippen molar-refractivity contribution in [3.8, 4) is 0 Å². The van der Waals surface area contributed by atoms with Crippen LogP contribution in [0, 0.1) is 11.6 Å². The molecule has 0 spiro atoms. The fourth-order valence-electron chi connectivity index (χ4n) is 2.04. The molecule has 0 bridgehead atoms. The van der Waals surface area contributed by atoms with Crippen LogP contribution in [0.4, 0.5) is 22.0 Å². The summed E-state index contributed by atoms with van der Waals surface area (Å²) in [6.07, 6.45) is 0. The summed E-state index contributed by atoms with van der Waals surface area (Å²) in [6, 6.07) is 8.21. The molecule has 2 rings (SSSR count). The molecular formula is C16H12F5NOS. The van der Waals surface area contributed by atoms with Gasteiger partial charge in [0.25, 0.3) is 5.91 Å². The Morgan fingerprint density at radius 1 is 1.12 bits per heavy atom. The van der Waals surface area contributed by atoms with Gasteiger partial charge in [-0.3, -0.25) is 4.79 Å². The first kappa shape index (κ1) is 18.3. The van der Waals surface area contributed by atoms with E-state index in [2.05, 4.69) is 0 Å². The molecule has 128 valence electrons. The van der Waals surface area contributed by atoms with Gasteiger partial charge in [0.2, 0.25) is 0 Å². The first-order valence-corrected chi connectivity index (χ1v) is 7.53. The number of carbonyl (C=O) groups excluding carboxylic acids is 1. The molecule has 1 amide bonds. The number of carbonyl (C=O) groups is 1. The van der Waals surface area contributed by atoms with E-state index in [-0.39, 0.29) is 34.3 Å². The van der Waals surface area contributed by atoms with E-state index in [4.69, 9.17) is 0 Å². The van der Waals surface area contributed by atoms with Crippen molar-refractivity contribution in [2.24, 2.45) is 0 Å². The Labute approximate surface area is 139 Å². The molecule has 8 heteroatoms. The zero-order valence-corrected chi connectivity index (χ0v) is 13.2. The van der Waals surface area contributed by atoms with Crippen LogP contribution in [-0.4, -0.2) is 23.4 Å². The molecule has 2 nitrogen and oxygen atoms in total. The first-order valence-electron chi connectivity index (χ1n) is 6.71. The summed E-state index contributed by atoms with van der Waals surface area (Å²) in [5.41, 5.74) is -4.60. The van der Waals surface area contributed by atoms with Crippen LogP contribution in [0.1, 0.15) is 15.9 Å². The molecule has 0 aromatic heterocycles. The van der Waals surface area contributed by atoms with Crippen molar-refractivity contribution in [2.45, 2.75) is 16.9 Å². The van der Waals surface area contributed by atoms with E-state index in [9.17, 15) is 26.7 Å². The van der Waals surface area contributed by atoms with Crippen molar-refractivity contribution in [3.63, 3.8) is 0 Å². The molecule has 24 heavy (non-hydrogen) atoms. The minimum absolute atomic E-state index is 0.0632. The van der Waals surface area contributed by atoms with Crippen molar-refractivity contribution in [2.75, 3.05) is 7.05 Å². The van der Waals surface area contributed by atoms with Crippen LogP contribution in [0.15, 0.2) is 47.4 Å². The molecule has 0 saturated heterocycles. The number of thioether (sulfide) groups is 1. The van der Waals surface area contributed by atoms with Gasteiger partial charge in [-0.25, -0.2) is 8.78 Å². The van der Waals surface area contributed by atoms with Crippen LogP contribution in [0.5, 0.6) is 0 Å². The van der Waals surface area contributed by atoms with Gasteiger partial charge in [0.15, 0.2) is 0 Å². The van der Waals surface area contributed by atoms with Crippen LogP contribution in [0.3, 0.4) is 0 Å². The number of hydrogen-bond donors (Lipinski definition) is 0. The van der Waals surface area contributed by atoms with E-state index < -0.39 is 23.0 Å². The van der Waals surface area contributed by atoms with E-state index >= 15 is 0 Å². The maximum Gasteiger partial charge on any atom is 0.446 e. The average molecular weight is 361 g/mol. The Balaban J connectivity index is 2.22. The largest absolute Gasteiger partial charge is 0.446 e. The summed E-state index contributed by atoms with van der Waals surface area (Å²) in [5, 5.41) is 0. The topological polar surface area (TPSA) is 20.3 Å². The van der Waals surface area contributed by atoms with Gasteiger partial charge in [0, 0.05) is 30.1 Å². The standard InChI is InChI=1S/C16H12F5NOS/c1-22(9-10-6-7-11(17)8-13(10)18)15(23)12-4-2-3-5-14(12)24-16(19,20)21/h2-8H,9H2,1H3. The molecule has 0 aliphatic carbocycles. The smallest absolute Gasteiger partial charge is 0.337 e. The molecule has 0 atom stereocenters. The molecule has 0 aliphatic heterocycles.